The molecule has 1 aromatic carbocycles. The minimum Gasteiger partial charge on any atom is -0.493 e. The number of nitrogens with one attached hydrogen (secondary N) is 1. The zero-order chi connectivity index (χ0) is 20.7. The number of ether oxygens (including phenoxy) is 4. The summed E-state index contributed by atoms with van der Waals surface area (Å²) in [4.78, 5) is 14.7. The molecule has 1 aliphatic heterocycles. The minimum absolute atomic E-state index is 0.0370. The van der Waals surface area contributed by atoms with Gasteiger partial charge in [0.2, 0.25) is 11.7 Å². The third-order valence-electron chi connectivity index (χ3n) is 5.03. The standard InChI is InChI=1S/C21H34N2O5/c1-14(23-12-15(2)28-16(3)13-23)11-22-20(24)8-7-17-9-18(25-4)21(27-6)19(10-17)26-5/h9-10,14-16H,7-8,11-13H2,1-6H3,(H,22,24). The molecule has 1 fully saturated rings. The first kappa shape index (κ1) is 22.3. The van der Waals surface area contributed by atoms with Crippen molar-refractivity contribution in [2.75, 3.05) is 41.0 Å². The van der Waals surface area contributed by atoms with Gasteiger partial charge in [0.15, 0.2) is 11.5 Å². The number of methoxy groups -OCH3 is 3. The zero-order valence-corrected chi connectivity index (χ0v) is 17.9. The van der Waals surface area contributed by atoms with Crippen molar-refractivity contribution < 1.29 is 23.7 Å². The molecule has 158 valence electrons. The predicted molar refractivity (Wildman–Crippen MR) is 108 cm³/mol. The van der Waals surface area contributed by atoms with Gasteiger partial charge in [0.1, 0.15) is 0 Å². The van der Waals surface area contributed by atoms with Crippen molar-refractivity contribution in [1.82, 2.24) is 10.2 Å². The summed E-state index contributed by atoms with van der Waals surface area (Å²) in [6, 6.07) is 4.04. The van der Waals surface area contributed by atoms with Crippen molar-refractivity contribution >= 4 is 5.91 Å². The smallest absolute Gasteiger partial charge is 0.220 e. The minimum atomic E-state index is 0.0370. The first-order chi connectivity index (χ1) is 13.4. The molecule has 3 unspecified atom stereocenters. The molecule has 7 heteroatoms. The summed E-state index contributed by atoms with van der Waals surface area (Å²) in [6.07, 6.45) is 1.45. The number of carbonyl (C=O) groups is 1. The Morgan fingerprint density at radius 3 is 2.21 bits per heavy atom. The van der Waals surface area contributed by atoms with Crippen LogP contribution in [0.2, 0.25) is 0 Å². The largest absolute Gasteiger partial charge is 0.493 e. The molecule has 0 saturated carbocycles. The van der Waals surface area contributed by atoms with Crippen molar-refractivity contribution in [3.05, 3.63) is 17.7 Å². The van der Waals surface area contributed by atoms with Crippen LogP contribution in [0.3, 0.4) is 0 Å². The zero-order valence-electron chi connectivity index (χ0n) is 17.9. The molecule has 3 atom stereocenters. The van der Waals surface area contributed by atoms with E-state index >= 15 is 0 Å². The van der Waals surface area contributed by atoms with Gasteiger partial charge in [-0.05, 0) is 44.9 Å². The van der Waals surface area contributed by atoms with Crippen LogP contribution in [0, 0.1) is 0 Å². The summed E-state index contributed by atoms with van der Waals surface area (Å²) in [7, 11) is 4.75. The average Bonchev–Trinajstić information content (AvgIpc) is 2.68. The topological polar surface area (TPSA) is 69.3 Å². The Morgan fingerprint density at radius 1 is 1.14 bits per heavy atom. The SMILES string of the molecule is COc1cc(CCC(=O)NCC(C)N2CC(C)OC(C)C2)cc(OC)c1OC. The summed E-state index contributed by atoms with van der Waals surface area (Å²) in [5.41, 5.74) is 0.966. The highest BCUT2D eigenvalue weighted by Gasteiger charge is 2.25. The van der Waals surface area contributed by atoms with Gasteiger partial charge in [-0.1, -0.05) is 0 Å². The van der Waals surface area contributed by atoms with Crippen LogP contribution in [-0.2, 0) is 16.0 Å². The van der Waals surface area contributed by atoms with Gasteiger partial charge in [0.25, 0.3) is 0 Å². The van der Waals surface area contributed by atoms with E-state index in [1.54, 1.807) is 21.3 Å². The third kappa shape index (κ3) is 6.01. The summed E-state index contributed by atoms with van der Waals surface area (Å²) in [5.74, 6) is 1.79. The van der Waals surface area contributed by atoms with Crippen molar-refractivity contribution in [2.24, 2.45) is 0 Å². The van der Waals surface area contributed by atoms with E-state index in [-0.39, 0.29) is 24.2 Å². The summed E-state index contributed by atoms with van der Waals surface area (Å²) >= 11 is 0. The van der Waals surface area contributed by atoms with Crippen molar-refractivity contribution in [3.8, 4) is 17.2 Å². The molecular weight excluding hydrogens is 360 g/mol. The van der Waals surface area contributed by atoms with Crippen LogP contribution in [0.15, 0.2) is 12.1 Å². The molecule has 0 aliphatic carbocycles. The van der Waals surface area contributed by atoms with Crippen LogP contribution in [-0.4, -0.2) is 70.0 Å². The van der Waals surface area contributed by atoms with Gasteiger partial charge in [-0.25, -0.2) is 0 Å². The van der Waals surface area contributed by atoms with Gasteiger partial charge in [0.05, 0.1) is 33.5 Å². The predicted octanol–water partition coefficient (Wildman–Crippen LogP) is 2.26. The molecule has 0 spiro atoms. The Kier molecular flexibility index (Phi) is 8.38. The molecule has 1 N–H and O–H groups in total. The van der Waals surface area contributed by atoms with Gasteiger partial charge >= 0.3 is 0 Å². The molecule has 1 aliphatic rings. The van der Waals surface area contributed by atoms with Crippen LogP contribution in [0.25, 0.3) is 0 Å². The first-order valence-corrected chi connectivity index (χ1v) is 9.83. The highest BCUT2D eigenvalue weighted by atomic mass is 16.5. The lowest BCUT2D eigenvalue weighted by molar-refractivity contribution is -0.121. The normalized spacial score (nSPS) is 21.1. The number of benzene rings is 1. The van der Waals surface area contributed by atoms with E-state index < -0.39 is 0 Å². The lowest BCUT2D eigenvalue weighted by atomic mass is 10.1. The van der Waals surface area contributed by atoms with Gasteiger partial charge < -0.3 is 24.3 Å². The molecule has 0 aromatic heterocycles. The lowest BCUT2D eigenvalue weighted by Gasteiger charge is -2.39. The molecule has 0 bridgehead atoms. The van der Waals surface area contributed by atoms with Crippen LogP contribution in [0.4, 0.5) is 0 Å². The lowest BCUT2D eigenvalue weighted by Crippen LogP contribution is -2.52. The van der Waals surface area contributed by atoms with E-state index in [9.17, 15) is 4.79 Å². The number of morpholine rings is 1. The monoisotopic (exact) mass is 394 g/mol. The van der Waals surface area contributed by atoms with E-state index in [1.165, 1.54) is 0 Å². The number of amides is 1. The molecule has 1 saturated heterocycles. The molecule has 28 heavy (non-hydrogen) atoms. The maximum atomic E-state index is 12.3. The third-order valence-corrected chi connectivity index (χ3v) is 5.03. The molecule has 7 nitrogen and oxygen atoms in total. The molecule has 0 radical (unpaired) electrons. The van der Waals surface area contributed by atoms with Gasteiger partial charge in [-0.3, -0.25) is 9.69 Å². The van der Waals surface area contributed by atoms with Gasteiger partial charge in [-0.2, -0.15) is 0 Å². The van der Waals surface area contributed by atoms with E-state index in [0.717, 1.165) is 18.7 Å². The summed E-state index contributed by atoms with van der Waals surface area (Å²) in [6.45, 7) is 8.74. The van der Waals surface area contributed by atoms with Crippen molar-refractivity contribution in [1.29, 1.82) is 0 Å². The molecule has 1 amide bonds. The fourth-order valence-electron chi connectivity index (χ4n) is 3.59. The number of hydrogen-bond donors (Lipinski definition) is 1. The van der Waals surface area contributed by atoms with Crippen molar-refractivity contribution in [3.63, 3.8) is 0 Å². The molecule has 1 heterocycles. The Hall–Kier alpha value is -1.99. The summed E-state index contributed by atoms with van der Waals surface area (Å²) in [5, 5.41) is 3.05. The first-order valence-electron chi connectivity index (χ1n) is 9.83. The maximum Gasteiger partial charge on any atom is 0.220 e. The molecule has 2 rings (SSSR count). The number of hydrogen-bond acceptors (Lipinski definition) is 6. The van der Waals surface area contributed by atoms with E-state index in [2.05, 4.69) is 31.0 Å². The van der Waals surface area contributed by atoms with Crippen LogP contribution >= 0.6 is 0 Å². The molecule has 1 aromatic rings. The fourth-order valence-corrected chi connectivity index (χ4v) is 3.59. The van der Waals surface area contributed by atoms with Crippen LogP contribution < -0.4 is 19.5 Å². The Labute approximate surface area is 168 Å². The fraction of sp³-hybridized carbons (Fsp3) is 0.667. The molecular formula is C21H34N2O5. The van der Waals surface area contributed by atoms with Gasteiger partial charge in [-0.15, -0.1) is 0 Å². The average molecular weight is 395 g/mol. The number of nitrogens with zero attached hydrogens (tertiary/aromatic N) is 1. The Balaban J connectivity index is 1.85. The number of aryl methyl sites for hydroxylation is 1. The Morgan fingerprint density at radius 2 is 1.71 bits per heavy atom. The van der Waals surface area contributed by atoms with Crippen molar-refractivity contribution in [2.45, 2.75) is 51.9 Å². The quantitative estimate of drug-likeness (QED) is 0.693. The van der Waals surface area contributed by atoms with Crippen LogP contribution in [0.5, 0.6) is 17.2 Å². The highest BCUT2D eigenvalue weighted by Crippen LogP contribution is 2.38. The van der Waals surface area contributed by atoms with E-state index in [4.69, 9.17) is 18.9 Å². The van der Waals surface area contributed by atoms with E-state index in [0.29, 0.717) is 36.6 Å². The highest BCUT2D eigenvalue weighted by molar-refractivity contribution is 5.76. The maximum absolute atomic E-state index is 12.3. The Bertz CT molecular complexity index is 617. The van der Waals surface area contributed by atoms with Gasteiger partial charge in [0, 0.05) is 32.1 Å². The number of carbonyl (C=O) groups excluding carboxylic acids is 1. The second kappa shape index (κ2) is 10.5. The summed E-state index contributed by atoms with van der Waals surface area (Å²) < 4.78 is 21.8. The van der Waals surface area contributed by atoms with Crippen LogP contribution in [0.1, 0.15) is 32.8 Å². The van der Waals surface area contributed by atoms with E-state index in [1.807, 2.05) is 12.1 Å². The second-order valence-electron chi connectivity index (χ2n) is 7.40. The number of rotatable bonds is 9. The second-order valence-corrected chi connectivity index (χ2v) is 7.40.